The van der Waals surface area contributed by atoms with E-state index in [-0.39, 0.29) is 0 Å². The van der Waals surface area contributed by atoms with Crippen molar-refractivity contribution in [1.82, 2.24) is 5.43 Å². The van der Waals surface area contributed by atoms with Crippen LogP contribution >= 0.6 is 15.9 Å². The smallest absolute Gasteiger partial charge is 0.176 e. The van der Waals surface area contributed by atoms with Crippen LogP contribution < -0.4 is 15.7 Å². The van der Waals surface area contributed by atoms with Crippen molar-refractivity contribution in [2.24, 2.45) is 5.10 Å². The number of hydrogen-bond acceptors (Lipinski definition) is 4. The second-order valence-corrected chi connectivity index (χ2v) is 6.26. The Morgan fingerprint density at radius 1 is 0.708 bits per heavy atom. The van der Waals surface area contributed by atoms with Gasteiger partial charge in [-0.25, -0.2) is 0 Å². The topological polar surface area (TPSA) is 30.9 Å². The molecule has 5 heteroatoms. The Morgan fingerprint density at radius 2 is 1.33 bits per heavy atom. The number of nitrogens with one attached hydrogen (secondary N) is 1. The van der Waals surface area contributed by atoms with Gasteiger partial charge in [-0.2, -0.15) is 10.2 Å². The van der Waals surface area contributed by atoms with Gasteiger partial charge in [-0.3, -0.25) is 5.43 Å². The lowest BCUT2D eigenvalue weighted by atomic mass is 10.2. The molecule has 0 saturated heterocycles. The Balaban J connectivity index is 1.74. The van der Waals surface area contributed by atoms with Crippen molar-refractivity contribution < 1.29 is 0 Å². The number of para-hydroxylation sites is 1. The van der Waals surface area contributed by atoms with Crippen molar-refractivity contribution in [3.05, 3.63) is 95.0 Å². The van der Waals surface area contributed by atoms with Crippen molar-refractivity contribution in [2.45, 2.75) is 0 Å². The molecule has 0 saturated carbocycles. The van der Waals surface area contributed by atoms with Crippen LogP contribution in [0.1, 0.15) is 5.56 Å². The monoisotopic (exact) mass is 378 g/mol. The summed E-state index contributed by atoms with van der Waals surface area (Å²) in [5.74, 6) is 0.808. The minimum atomic E-state index is 0.808. The number of benzene rings is 3. The molecule has 0 bridgehead atoms. The Labute approximate surface area is 149 Å². The molecule has 0 fully saturated rings. The number of hydrazine groups is 2. The maximum Gasteiger partial charge on any atom is 0.176 e. The molecule has 0 radical (unpaired) electrons. The molecule has 118 valence electrons. The van der Waals surface area contributed by atoms with Gasteiger partial charge in [-0.05, 0) is 36.4 Å². The predicted molar refractivity (Wildman–Crippen MR) is 102 cm³/mol. The molecule has 0 aromatic heterocycles. The van der Waals surface area contributed by atoms with Crippen molar-refractivity contribution >= 4 is 33.1 Å². The van der Waals surface area contributed by atoms with Crippen LogP contribution in [0, 0.1) is 0 Å². The highest BCUT2D eigenvalue weighted by Gasteiger charge is 2.26. The summed E-state index contributed by atoms with van der Waals surface area (Å²) in [7, 11) is 0. The Morgan fingerprint density at radius 3 is 2.00 bits per heavy atom. The number of hydrazone groups is 1. The molecule has 4 rings (SSSR count). The van der Waals surface area contributed by atoms with E-state index < -0.39 is 0 Å². The molecule has 4 nitrogen and oxygen atoms in total. The summed E-state index contributed by atoms with van der Waals surface area (Å²) in [5, 5.41) is 8.56. The summed E-state index contributed by atoms with van der Waals surface area (Å²) in [6, 6.07) is 28.3. The van der Waals surface area contributed by atoms with Gasteiger partial charge in [0.15, 0.2) is 5.84 Å². The van der Waals surface area contributed by atoms with E-state index in [1.165, 1.54) is 0 Å². The fourth-order valence-electron chi connectivity index (χ4n) is 2.52. The first kappa shape index (κ1) is 14.8. The van der Waals surface area contributed by atoms with Crippen LogP contribution in [-0.4, -0.2) is 5.84 Å². The maximum atomic E-state index is 4.76. The molecular weight excluding hydrogens is 364 g/mol. The fourth-order valence-corrected chi connectivity index (χ4v) is 2.78. The molecular formula is C19H15BrN4. The molecule has 1 aliphatic rings. The molecule has 24 heavy (non-hydrogen) atoms. The summed E-state index contributed by atoms with van der Waals surface area (Å²) >= 11 is 3.48. The zero-order valence-electron chi connectivity index (χ0n) is 12.8. The number of anilines is 2. The van der Waals surface area contributed by atoms with E-state index in [0.717, 1.165) is 27.2 Å². The lowest BCUT2D eigenvalue weighted by Crippen LogP contribution is -2.44. The average molecular weight is 379 g/mol. The molecule has 0 atom stereocenters. The standard InChI is InChI=1S/C19H15BrN4/c20-16-11-13-18(14-12-16)24-22-19(15-7-3-1-4-8-15)21-23(24)17-9-5-2-6-10-17/h1-14H,(H,21,22). The Bertz CT molecular complexity index is 848. The normalized spacial score (nSPS) is 13.6. The summed E-state index contributed by atoms with van der Waals surface area (Å²) in [6.07, 6.45) is 0. The zero-order chi connectivity index (χ0) is 16.4. The third-order valence-electron chi connectivity index (χ3n) is 3.70. The van der Waals surface area contributed by atoms with Crippen LogP contribution in [0.2, 0.25) is 0 Å². The van der Waals surface area contributed by atoms with Gasteiger partial charge in [0.1, 0.15) is 0 Å². The molecule has 1 N–H and O–H groups in total. The first-order valence-electron chi connectivity index (χ1n) is 7.63. The number of nitrogens with zero attached hydrogens (tertiary/aromatic N) is 3. The molecule has 0 unspecified atom stereocenters. The second kappa shape index (κ2) is 6.37. The van der Waals surface area contributed by atoms with Gasteiger partial charge in [0.05, 0.1) is 11.4 Å². The van der Waals surface area contributed by atoms with Crippen molar-refractivity contribution in [1.29, 1.82) is 0 Å². The predicted octanol–water partition coefficient (Wildman–Crippen LogP) is 4.56. The lowest BCUT2D eigenvalue weighted by Gasteiger charge is -2.27. The van der Waals surface area contributed by atoms with Gasteiger partial charge in [-0.1, -0.05) is 64.5 Å². The van der Waals surface area contributed by atoms with E-state index in [4.69, 9.17) is 5.10 Å². The lowest BCUT2D eigenvalue weighted by molar-refractivity contribution is 0.771. The minimum Gasteiger partial charge on any atom is -0.259 e. The summed E-state index contributed by atoms with van der Waals surface area (Å²) in [4.78, 5) is 0. The summed E-state index contributed by atoms with van der Waals surface area (Å²) in [5.41, 5.74) is 6.41. The van der Waals surface area contributed by atoms with E-state index in [9.17, 15) is 0 Å². The third kappa shape index (κ3) is 2.86. The van der Waals surface area contributed by atoms with E-state index >= 15 is 0 Å². The van der Waals surface area contributed by atoms with Gasteiger partial charge in [0, 0.05) is 10.0 Å². The average Bonchev–Trinajstić information content (AvgIpc) is 3.09. The van der Waals surface area contributed by atoms with E-state index in [1.54, 1.807) is 0 Å². The van der Waals surface area contributed by atoms with Crippen LogP contribution in [0.3, 0.4) is 0 Å². The van der Waals surface area contributed by atoms with E-state index in [0.29, 0.717) is 0 Å². The largest absolute Gasteiger partial charge is 0.259 e. The molecule has 0 spiro atoms. The maximum absolute atomic E-state index is 4.76. The zero-order valence-corrected chi connectivity index (χ0v) is 14.4. The third-order valence-corrected chi connectivity index (χ3v) is 4.23. The molecule has 3 aromatic rings. The van der Waals surface area contributed by atoms with Crippen LogP contribution in [0.4, 0.5) is 11.4 Å². The number of rotatable bonds is 3. The Kier molecular flexibility index (Phi) is 3.92. The first-order chi connectivity index (χ1) is 11.8. The minimum absolute atomic E-state index is 0.808. The van der Waals surface area contributed by atoms with Gasteiger partial charge in [0.2, 0.25) is 0 Å². The highest BCUT2D eigenvalue weighted by Crippen LogP contribution is 2.26. The molecule has 1 heterocycles. The summed E-state index contributed by atoms with van der Waals surface area (Å²) in [6.45, 7) is 0. The molecule has 0 amide bonds. The van der Waals surface area contributed by atoms with Crippen molar-refractivity contribution in [3.8, 4) is 0 Å². The highest BCUT2D eigenvalue weighted by atomic mass is 79.9. The molecule has 1 aliphatic heterocycles. The Hall–Kier alpha value is -2.79. The number of halogens is 1. The summed E-state index contributed by atoms with van der Waals surface area (Å²) < 4.78 is 1.04. The fraction of sp³-hybridized carbons (Fsp3) is 0. The van der Waals surface area contributed by atoms with Crippen molar-refractivity contribution in [3.63, 3.8) is 0 Å². The van der Waals surface area contributed by atoms with Crippen molar-refractivity contribution in [2.75, 3.05) is 10.2 Å². The number of hydrogen-bond donors (Lipinski definition) is 1. The molecule has 3 aromatic carbocycles. The number of amidine groups is 1. The van der Waals surface area contributed by atoms with Gasteiger partial charge in [-0.15, -0.1) is 5.10 Å². The van der Waals surface area contributed by atoms with Crippen LogP contribution in [-0.2, 0) is 0 Å². The highest BCUT2D eigenvalue weighted by molar-refractivity contribution is 9.10. The van der Waals surface area contributed by atoms with E-state index in [2.05, 4.69) is 21.4 Å². The van der Waals surface area contributed by atoms with Crippen LogP contribution in [0.5, 0.6) is 0 Å². The van der Waals surface area contributed by atoms with Gasteiger partial charge in [0.25, 0.3) is 0 Å². The molecule has 0 aliphatic carbocycles. The van der Waals surface area contributed by atoms with Gasteiger partial charge >= 0.3 is 0 Å². The van der Waals surface area contributed by atoms with Crippen LogP contribution in [0.15, 0.2) is 94.5 Å². The SMILES string of the molecule is Brc1ccc(N2NC(c3ccccc3)=NN2c2ccccc2)cc1. The first-order valence-corrected chi connectivity index (χ1v) is 8.42. The van der Waals surface area contributed by atoms with Gasteiger partial charge < -0.3 is 0 Å². The van der Waals surface area contributed by atoms with E-state index in [1.807, 2.05) is 95.2 Å². The quantitative estimate of drug-likeness (QED) is 0.724. The van der Waals surface area contributed by atoms with Crippen LogP contribution in [0.25, 0.3) is 0 Å². The second-order valence-electron chi connectivity index (χ2n) is 5.34.